The van der Waals surface area contributed by atoms with Gasteiger partial charge in [0, 0.05) is 10.9 Å². The molecule has 1 aromatic heterocycles. The summed E-state index contributed by atoms with van der Waals surface area (Å²) in [6.07, 6.45) is 0. The normalized spacial score (nSPS) is 10.6. The smallest absolute Gasteiger partial charge is 0.286 e. The predicted molar refractivity (Wildman–Crippen MR) is 95.3 cm³/mol. The van der Waals surface area contributed by atoms with Gasteiger partial charge >= 0.3 is 0 Å². The van der Waals surface area contributed by atoms with E-state index < -0.39 is 11.8 Å². The molecule has 3 aromatic rings. The zero-order chi connectivity index (χ0) is 18.7. The second-order valence-corrected chi connectivity index (χ2v) is 5.95. The summed E-state index contributed by atoms with van der Waals surface area (Å²) < 4.78 is 18.6. The second-order valence-electron chi connectivity index (χ2n) is 5.95. The fraction of sp³-hybridized carbons (Fsp3) is 0.158. The van der Waals surface area contributed by atoms with Gasteiger partial charge in [-0.2, -0.15) is 0 Å². The molecule has 0 saturated heterocycles. The summed E-state index contributed by atoms with van der Waals surface area (Å²) in [6, 6.07) is 11.2. The number of amides is 2. The molecule has 0 spiro atoms. The number of halogens is 1. The Kier molecular flexibility index (Phi) is 4.88. The van der Waals surface area contributed by atoms with E-state index in [9.17, 15) is 14.0 Å². The SMILES string of the molecule is Cc1ccc(OCC(=O)NNC(=O)c2cc3cc(F)ccc3[nH]2)cc1C. The van der Waals surface area contributed by atoms with E-state index in [1.165, 1.54) is 24.3 Å². The molecular weight excluding hydrogens is 337 g/mol. The van der Waals surface area contributed by atoms with Crippen molar-refractivity contribution in [3.63, 3.8) is 0 Å². The number of H-pyrrole nitrogens is 1. The molecule has 0 aliphatic carbocycles. The Morgan fingerprint density at radius 1 is 1.04 bits per heavy atom. The number of hydrogen-bond acceptors (Lipinski definition) is 3. The highest BCUT2D eigenvalue weighted by Gasteiger charge is 2.11. The molecule has 7 heteroatoms. The molecule has 0 saturated carbocycles. The number of aromatic amines is 1. The van der Waals surface area contributed by atoms with Crippen LogP contribution in [0.2, 0.25) is 0 Å². The van der Waals surface area contributed by atoms with Gasteiger partial charge in [0.25, 0.3) is 11.8 Å². The molecule has 3 N–H and O–H groups in total. The van der Waals surface area contributed by atoms with Gasteiger partial charge in [-0.3, -0.25) is 20.4 Å². The number of fused-ring (bicyclic) bond motifs is 1. The third kappa shape index (κ3) is 4.00. The van der Waals surface area contributed by atoms with Gasteiger partial charge in [-0.05, 0) is 61.4 Å². The standard InChI is InChI=1S/C19H18FN3O3/c1-11-3-5-15(7-12(11)2)26-10-18(24)22-23-19(25)17-9-13-8-14(20)4-6-16(13)21-17/h3-9,21H,10H2,1-2H3,(H,22,24)(H,23,25). The minimum Gasteiger partial charge on any atom is -0.484 e. The van der Waals surface area contributed by atoms with E-state index in [1.807, 2.05) is 26.0 Å². The second kappa shape index (κ2) is 7.26. The maximum Gasteiger partial charge on any atom is 0.286 e. The van der Waals surface area contributed by atoms with Crippen LogP contribution >= 0.6 is 0 Å². The molecule has 0 fully saturated rings. The van der Waals surface area contributed by atoms with Crippen LogP contribution in [0.3, 0.4) is 0 Å². The van der Waals surface area contributed by atoms with Crippen LogP contribution in [0.4, 0.5) is 4.39 Å². The van der Waals surface area contributed by atoms with Gasteiger partial charge in [0.15, 0.2) is 6.61 Å². The van der Waals surface area contributed by atoms with Crippen LogP contribution in [0.15, 0.2) is 42.5 Å². The number of rotatable bonds is 4. The van der Waals surface area contributed by atoms with Gasteiger partial charge in [-0.25, -0.2) is 4.39 Å². The predicted octanol–water partition coefficient (Wildman–Crippen LogP) is 2.76. The maximum atomic E-state index is 13.2. The lowest BCUT2D eigenvalue weighted by Gasteiger charge is -2.09. The third-order valence-corrected chi connectivity index (χ3v) is 3.99. The summed E-state index contributed by atoms with van der Waals surface area (Å²) >= 11 is 0. The first-order valence-corrected chi connectivity index (χ1v) is 8.00. The topological polar surface area (TPSA) is 83.2 Å². The Morgan fingerprint density at radius 2 is 1.85 bits per heavy atom. The zero-order valence-electron chi connectivity index (χ0n) is 14.4. The summed E-state index contributed by atoms with van der Waals surface area (Å²) in [5.74, 6) is -0.854. The number of ether oxygens (including phenoxy) is 1. The van der Waals surface area contributed by atoms with Crippen molar-refractivity contribution in [2.24, 2.45) is 0 Å². The van der Waals surface area contributed by atoms with E-state index >= 15 is 0 Å². The van der Waals surface area contributed by atoms with Crippen molar-refractivity contribution in [3.05, 3.63) is 65.1 Å². The van der Waals surface area contributed by atoms with Gasteiger partial charge in [0.05, 0.1) is 0 Å². The van der Waals surface area contributed by atoms with Crippen LogP contribution in [-0.2, 0) is 4.79 Å². The fourth-order valence-electron chi connectivity index (χ4n) is 2.41. The fourth-order valence-corrected chi connectivity index (χ4v) is 2.41. The largest absolute Gasteiger partial charge is 0.484 e. The lowest BCUT2D eigenvalue weighted by molar-refractivity contribution is -0.123. The third-order valence-electron chi connectivity index (χ3n) is 3.99. The number of hydrogen-bond donors (Lipinski definition) is 3. The number of carbonyl (C=O) groups excluding carboxylic acids is 2. The first kappa shape index (κ1) is 17.5. The summed E-state index contributed by atoms with van der Waals surface area (Å²) in [5.41, 5.74) is 7.59. The first-order chi connectivity index (χ1) is 12.4. The Labute approximate surface area is 149 Å². The molecule has 0 unspecified atom stereocenters. The highest BCUT2D eigenvalue weighted by molar-refractivity contribution is 5.98. The van der Waals surface area contributed by atoms with Gasteiger partial charge in [0.1, 0.15) is 17.3 Å². The van der Waals surface area contributed by atoms with E-state index in [2.05, 4.69) is 15.8 Å². The van der Waals surface area contributed by atoms with E-state index in [-0.39, 0.29) is 18.1 Å². The number of benzene rings is 2. The average Bonchev–Trinajstić information content (AvgIpc) is 3.03. The lowest BCUT2D eigenvalue weighted by atomic mass is 10.1. The van der Waals surface area contributed by atoms with E-state index in [0.29, 0.717) is 16.7 Å². The number of aryl methyl sites for hydroxylation is 2. The van der Waals surface area contributed by atoms with Crippen molar-refractivity contribution in [1.29, 1.82) is 0 Å². The van der Waals surface area contributed by atoms with Crippen LogP contribution in [0, 0.1) is 19.7 Å². The molecule has 1 heterocycles. The quantitative estimate of drug-likeness (QED) is 0.629. The Morgan fingerprint density at radius 3 is 2.62 bits per heavy atom. The number of aromatic nitrogens is 1. The van der Waals surface area contributed by atoms with E-state index in [4.69, 9.17) is 4.74 Å². The molecule has 0 aliphatic heterocycles. The minimum atomic E-state index is -0.541. The van der Waals surface area contributed by atoms with Crippen LogP contribution in [0.25, 0.3) is 10.9 Å². The summed E-state index contributed by atoms with van der Waals surface area (Å²) in [6.45, 7) is 3.70. The van der Waals surface area contributed by atoms with Gasteiger partial charge < -0.3 is 9.72 Å². The highest BCUT2D eigenvalue weighted by Crippen LogP contribution is 2.17. The Bertz CT molecular complexity index is 981. The van der Waals surface area contributed by atoms with Crippen LogP contribution in [0.5, 0.6) is 5.75 Å². The molecule has 2 amide bonds. The Balaban J connectivity index is 1.53. The van der Waals surface area contributed by atoms with E-state index in [1.54, 1.807) is 6.07 Å². The zero-order valence-corrected chi connectivity index (χ0v) is 14.4. The summed E-state index contributed by atoms with van der Waals surface area (Å²) in [5, 5.41) is 0.569. The average molecular weight is 355 g/mol. The molecule has 0 atom stereocenters. The monoisotopic (exact) mass is 355 g/mol. The molecule has 6 nitrogen and oxygen atoms in total. The molecule has 0 bridgehead atoms. The van der Waals surface area contributed by atoms with Crippen molar-refractivity contribution in [2.45, 2.75) is 13.8 Å². The van der Waals surface area contributed by atoms with Crippen molar-refractivity contribution < 1.29 is 18.7 Å². The molecule has 2 aromatic carbocycles. The molecule has 0 aliphatic rings. The maximum absolute atomic E-state index is 13.2. The number of carbonyl (C=O) groups is 2. The highest BCUT2D eigenvalue weighted by atomic mass is 19.1. The number of hydrazine groups is 1. The summed E-state index contributed by atoms with van der Waals surface area (Å²) in [4.78, 5) is 26.7. The van der Waals surface area contributed by atoms with Gasteiger partial charge in [-0.15, -0.1) is 0 Å². The first-order valence-electron chi connectivity index (χ1n) is 8.00. The summed E-state index contributed by atoms with van der Waals surface area (Å²) in [7, 11) is 0. The molecule has 0 radical (unpaired) electrons. The molecule has 134 valence electrons. The van der Waals surface area contributed by atoms with Crippen LogP contribution in [-0.4, -0.2) is 23.4 Å². The molecule has 3 rings (SSSR count). The lowest BCUT2D eigenvalue weighted by Crippen LogP contribution is -2.43. The van der Waals surface area contributed by atoms with Crippen molar-refractivity contribution in [2.75, 3.05) is 6.61 Å². The van der Waals surface area contributed by atoms with Gasteiger partial charge in [0.2, 0.25) is 0 Å². The molecular formula is C19H18FN3O3. The minimum absolute atomic E-state index is 0.209. The van der Waals surface area contributed by atoms with Crippen LogP contribution in [0.1, 0.15) is 21.6 Å². The van der Waals surface area contributed by atoms with Crippen molar-refractivity contribution in [3.8, 4) is 5.75 Å². The van der Waals surface area contributed by atoms with Gasteiger partial charge in [-0.1, -0.05) is 6.07 Å². The van der Waals surface area contributed by atoms with Crippen molar-refractivity contribution in [1.82, 2.24) is 15.8 Å². The van der Waals surface area contributed by atoms with Crippen LogP contribution < -0.4 is 15.6 Å². The molecule has 26 heavy (non-hydrogen) atoms. The van der Waals surface area contributed by atoms with E-state index in [0.717, 1.165) is 11.1 Å². The Hall–Kier alpha value is -3.35. The number of nitrogens with one attached hydrogen (secondary N) is 3. The van der Waals surface area contributed by atoms with Crippen molar-refractivity contribution >= 4 is 22.7 Å².